The van der Waals surface area contributed by atoms with Gasteiger partial charge in [-0.25, -0.2) is 0 Å². The third-order valence-corrected chi connectivity index (χ3v) is 5.97. The monoisotopic (exact) mass is 486 g/mol. The summed E-state index contributed by atoms with van der Waals surface area (Å²) >= 11 is 0. The molecule has 3 rings (SSSR count). The number of ether oxygens (including phenoxy) is 1. The number of anilines is 1. The standard InChI is InChI=1S/C27H29F3N2O3/c1-3-35-23(33)17-9-10-18-26(27(28,29)30,19-11-14-20-12-5-4-6-13-20)31-24-21-15-7-8-16-22(21)32(2)25(24)34/h4-8,11-16H,3,9-10,17-19H2,1-2H3/b14-11+,31-24?/t26-/m0/s1. The number of amides is 1. The first-order chi connectivity index (χ1) is 16.7. The number of para-hydroxylation sites is 1. The quantitative estimate of drug-likeness (QED) is 0.307. The lowest BCUT2D eigenvalue weighted by Crippen LogP contribution is -2.45. The Bertz CT molecular complexity index is 1100. The van der Waals surface area contributed by atoms with Crippen molar-refractivity contribution in [1.29, 1.82) is 0 Å². The fourth-order valence-electron chi connectivity index (χ4n) is 4.07. The first kappa shape index (κ1) is 26.2. The maximum absolute atomic E-state index is 14.7. The number of fused-ring (bicyclic) bond motifs is 1. The minimum absolute atomic E-state index is 0.0305. The molecule has 1 amide bonds. The van der Waals surface area contributed by atoms with Crippen molar-refractivity contribution in [3.8, 4) is 0 Å². The Kier molecular flexibility index (Phi) is 8.48. The lowest BCUT2D eigenvalue weighted by Gasteiger charge is -2.32. The molecule has 186 valence electrons. The largest absolute Gasteiger partial charge is 0.466 e. The van der Waals surface area contributed by atoms with Gasteiger partial charge in [-0.05, 0) is 37.8 Å². The highest BCUT2D eigenvalue weighted by atomic mass is 19.4. The normalized spacial score (nSPS) is 16.5. The predicted octanol–water partition coefficient (Wildman–Crippen LogP) is 5.98. The van der Waals surface area contributed by atoms with Gasteiger partial charge in [0.05, 0.1) is 12.3 Å². The van der Waals surface area contributed by atoms with Gasteiger partial charge in [-0.1, -0.05) is 67.1 Å². The molecule has 0 bridgehead atoms. The summed E-state index contributed by atoms with van der Waals surface area (Å²) in [6, 6.07) is 15.7. The zero-order valence-corrected chi connectivity index (χ0v) is 19.8. The minimum Gasteiger partial charge on any atom is -0.466 e. The molecule has 1 atom stereocenters. The van der Waals surface area contributed by atoms with Crippen LogP contribution in [0.3, 0.4) is 0 Å². The summed E-state index contributed by atoms with van der Waals surface area (Å²) in [7, 11) is 1.52. The van der Waals surface area contributed by atoms with E-state index in [-0.39, 0.29) is 38.0 Å². The number of likely N-dealkylation sites (N-methyl/N-ethyl adjacent to an activating group) is 1. The molecule has 35 heavy (non-hydrogen) atoms. The van der Waals surface area contributed by atoms with Crippen molar-refractivity contribution in [2.75, 3.05) is 18.6 Å². The molecule has 1 aliphatic rings. The van der Waals surface area contributed by atoms with Crippen LogP contribution in [-0.2, 0) is 14.3 Å². The molecule has 1 heterocycles. The van der Waals surface area contributed by atoms with Crippen LogP contribution in [0.15, 0.2) is 65.7 Å². The van der Waals surface area contributed by atoms with Crippen LogP contribution >= 0.6 is 0 Å². The number of hydrogen-bond donors (Lipinski definition) is 0. The second-order valence-electron chi connectivity index (χ2n) is 8.40. The van der Waals surface area contributed by atoms with Crippen LogP contribution in [0.1, 0.15) is 50.2 Å². The topological polar surface area (TPSA) is 59.0 Å². The van der Waals surface area contributed by atoms with Crippen molar-refractivity contribution in [2.45, 2.75) is 50.7 Å². The summed E-state index contributed by atoms with van der Waals surface area (Å²) in [6.07, 6.45) is -2.09. The van der Waals surface area contributed by atoms with Gasteiger partial charge in [0, 0.05) is 19.0 Å². The molecule has 0 aliphatic carbocycles. The van der Waals surface area contributed by atoms with Gasteiger partial charge in [-0.2, -0.15) is 13.2 Å². The zero-order valence-electron chi connectivity index (χ0n) is 19.8. The number of rotatable bonds is 10. The third kappa shape index (κ3) is 6.18. The Morgan fingerprint density at radius 1 is 1.06 bits per heavy atom. The number of unbranched alkanes of at least 4 members (excludes halogenated alkanes) is 1. The van der Waals surface area contributed by atoms with Crippen molar-refractivity contribution in [3.05, 3.63) is 71.8 Å². The summed E-state index contributed by atoms with van der Waals surface area (Å²) in [5, 5.41) is 0. The summed E-state index contributed by atoms with van der Waals surface area (Å²) in [5.74, 6) is -1.01. The lowest BCUT2D eigenvalue weighted by atomic mass is 9.87. The molecule has 0 N–H and O–H groups in total. The van der Waals surface area contributed by atoms with Crippen LogP contribution in [0, 0.1) is 0 Å². The van der Waals surface area contributed by atoms with E-state index in [1.54, 1.807) is 61.5 Å². The molecule has 2 aromatic carbocycles. The number of aliphatic imine (C=N–C) groups is 1. The fourth-order valence-corrected chi connectivity index (χ4v) is 4.07. The predicted molar refractivity (Wildman–Crippen MR) is 130 cm³/mol. The number of esters is 1. The minimum atomic E-state index is -4.72. The van der Waals surface area contributed by atoms with E-state index in [9.17, 15) is 22.8 Å². The molecular weight excluding hydrogens is 457 g/mol. The van der Waals surface area contributed by atoms with E-state index in [1.807, 2.05) is 6.07 Å². The Morgan fingerprint density at radius 2 is 1.74 bits per heavy atom. The first-order valence-electron chi connectivity index (χ1n) is 11.6. The van der Waals surface area contributed by atoms with E-state index in [2.05, 4.69) is 4.99 Å². The highest BCUT2D eigenvalue weighted by Crippen LogP contribution is 2.43. The van der Waals surface area contributed by atoms with Crippen LogP contribution in [0.4, 0.5) is 18.9 Å². The summed E-state index contributed by atoms with van der Waals surface area (Å²) < 4.78 is 49.0. The fraction of sp³-hybridized carbons (Fsp3) is 0.370. The van der Waals surface area contributed by atoms with E-state index < -0.39 is 30.0 Å². The van der Waals surface area contributed by atoms with E-state index in [0.29, 0.717) is 11.3 Å². The van der Waals surface area contributed by atoms with E-state index >= 15 is 0 Å². The van der Waals surface area contributed by atoms with Gasteiger partial charge in [0.2, 0.25) is 0 Å². The van der Waals surface area contributed by atoms with Crippen LogP contribution < -0.4 is 4.90 Å². The Balaban J connectivity index is 1.97. The Morgan fingerprint density at radius 3 is 2.43 bits per heavy atom. The molecule has 2 aromatic rings. The molecule has 0 saturated heterocycles. The maximum Gasteiger partial charge on any atom is 0.413 e. The van der Waals surface area contributed by atoms with Crippen molar-refractivity contribution in [2.24, 2.45) is 4.99 Å². The maximum atomic E-state index is 14.7. The van der Waals surface area contributed by atoms with Gasteiger partial charge in [-0.3, -0.25) is 14.6 Å². The lowest BCUT2D eigenvalue weighted by molar-refractivity contribution is -0.186. The molecular formula is C27H29F3N2O3. The van der Waals surface area contributed by atoms with Crippen LogP contribution in [0.25, 0.3) is 6.08 Å². The summed E-state index contributed by atoms with van der Waals surface area (Å²) in [6.45, 7) is 1.90. The number of alkyl halides is 3. The van der Waals surface area contributed by atoms with Crippen molar-refractivity contribution < 1.29 is 27.5 Å². The number of nitrogens with zero attached hydrogens (tertiary/aromatic N) is 2. The van der Waals surface area contributed by atoms with Crippen LogP contribution in [0.2, 0.25) is 0 Å². The van der Waals surface area contributed by atoms with Gasteiger partial charge < -0.3 is 9.64 Å². The molecule has 0 aromatic heterocycles. The molecule has 0 saturated carbocycles. The van der Waals surface area contributed by atoms with Crippen LogP contribution in [0.5, 0.6) is 0 Å². The number of carbonyl (C=O) groups excluding carboxylic acids is 2. The summed E-state index contributed by atoms with van der Waals surface area (Å²) in [4.78, 5) is 30.0. The van der Waals surface area contributed by atoms with Crippen molar-refractivity contribution >= 4 is 29.4 Å². The SMILES string of the molecule is CCOC(=O)CCCC[C@@](C/C=C/c1ccccc1)(N=C1C(=O)N(C)c2ccccc21)C(F)(F)F. The zero-order chi connectivity index (χ0) is 25.5. The van der Waals surface area contributed by atoms with E-state index in [4.69, 9.17) is 4.74 Å². The molecule has 0 spiro atoms. The number of halogens is 3. The highest BCUT2D eigenvalue weighted by Gasteiger charge is 2.54. The smallest absolute Gasteiger partial charge is 0.413 e. The molecule has 0 unspecified atom stereocenters. The van der Waals surface area contributed by atoms with Gasteiger partial charge >= 0.3 is 12.1 Å². The molecule has 0 radical (unpaired) electrons. The third-order valence-electron chi connectivity index (χ3n) is 5.97. The first-order valence-corrected chi connectivity index (χ1v) is 11.6. The molecule has 1 aliphatic heterocycles. The van der Waals surface area contributed by atoms with Gasteiger partial charge in [-0.15, -0.1) is 0 Å². The Hall–Kier alpha value is -3.42. The molecule has 0 fully saturated rings. The van der Waals surface area contributed by atoms with Crippen molar-refractivity contribution in [3.63, 3.8) is 0 Å². The van der Waals surface area contributed by atoms with Gasteiger partial charge in [0.25, 0.3) is 5.91 Å². The number of benzene rings is 2. The van der Waals surface area contributed by atoms with Crippen LogP contribution in [-0.4, -0.2) is 43.0 Å². The second kappa shape index (κ2) is 11.3. The van der Waals surface area contributed by atoms with E-state index in [0.717, 1.165) is 5.56 Å². The number of carbonyl (C=O) groups is 2. The van der Waals surface area contributed by atoms with Gasteiger partial charge in [0.15, 0.2) is 5.54 Å². The average molecular weight is 487 g/mol. The Labute approximate surface area is 203 Å². The molecule has 8 heteroatoms. The van der Waals surface area contributed by atoms with Crippen molar-refractivity contribution in [1.82, 2.24) is 0 Å². The number of hydrogen-bond acceptors (Lipinski definition) is 4. The molecule has 5 nitrogen and oxygen atoms in total. The van der Waals surface area contributed by atoms with E-state index in [1.165, 1.54) is 18.0 Å². The van der Waals surface area contributed by atoms with Gasteiger partial charge in [0.1, 0.15) is 5.71 Å². The highest BCUT2D eigenvalue weighted by molar-refractivity contribution is 6.54. The second-order valence-corrected chi connectivity index (χ2v) is 8.40. The summed E-state index contributed by atoms with van der Waals surface area (Å²) in [5.41, 5.74) is -1.04. The average Bonchev–Trinajstić information content (AvgIpc) is 3.06.